The fourth-order valence-corrected chi connectivity index (χ4v) is 4.15. The van der Waals surface area contributed by atoms with Crippen LogP contribution in [0.1, 0.15) is 25.3 Å². The van der Waals surface area contributed by atoms with Crippen LogP contribution in [-0.2, 0) is 16.3 Å². The standard InChI is InChI=1S/C15H22N2O4S/c1-11(2-3-12-4-6-14(18)7-5-12)16-15(19)17-13-8-9-22(20,21)10-13/h4-7,11,13,18H,2-3,8-10H2,1H3,(H2,16,17,19)/t11-,13+/m1/s1. The Hall–Kier alpha value is -1.76. The van der Waals surface area contributed by atoms with Crippen LogP contribution in [0.25, 0.3) is 0 Å². The quantitative estimate of drug-likeness (QED) is 0.757. The normalized spacial score (nSPS) is 21.2. The zero-order chi connectivity index (χ0) is 16.2. The van der Waals surface area contributed by atoms with Crippen LogP contribution in [0.15, 0.2) is 24.3 Å². The van der Waals surface area contributed by atoms with E-state index >= 15 is 0 Å². The van der Waals surface area contributed by atoms with E-state index in [0.29, 0.717) is 6.42 Å². The van der Waals surface area contributed by atoms with Gasteiger partial charge in [0.15, 0.2) is 9.84 Å². The van der Waals surface area contributed by atoms with Crippen molar-refractivity contribution in [3.63, 3.8) is 0 Å². The van der Waals surface area contributed by atoms with Crippen molar-refractivity contribution in [3.8, 4) is 5.75 Å². The second-order valence-electron chi connectivity index (χ2n) is 5.82. The molecular formula is C15H22N2O4S. The van der Waals surface area contributed by atoms with E-state index in [9.17, 15) is 18.3 Å². The Labute approximate surface area is 130 Å². The maximum atomic E-state index is 11.8. The minimum Gasteiger partial charge on any atom is -0.508 e. The van der Waals surface area contributed by atoms with E-state index < -0.39 is 9.84 Å². The Bertz CT molecular complexity index is 613. The number of nitrogens with one attached hydrogen (secondary N) is 2. The lowest BCUT2D eigenvalue weighted by atomic mass is 10.1. The number of phenolic OH excluding ortho intramolecular Hbond substituents is 1. The summed E-state index contributed by atoms with van der Waals surface area (Å²) < 4.78 is 22.7. The van der Waals surface area contributed by atoms with Crippen LogP contribution in [0.2, 0.25) is 0 Å². The fourth-order valence-electron chi connectivity index (χ4n) is 2.48. The number of phenols is 1. The van der Waals surface area contributed by atoms with Gasteiger partial charge in [-0.25, -0.2) is 13.2 Å². The summed E-state index contributed by atoms with van der Waals surface area (Å²) in [6.45, 7) is 1.91. The third-order valence-corrected chi connectivity index (χ3v) is 5.52. The molecule has 22 heavy (non-hydrogen) atoms. The smallest absolute Gasteiger partial charge is 0.315 e. The lowest BCUT2D eigenvalue weighted by Gasteiger charge is -2.17. The lowest BCUT2D eigenvalue weighted by molar-refractivity contribution is 0.234. The van der Waals surface area contributed by atoms with Gasteiger partial charge in [0.05, 0.1) is 11.5 Å². The van der Waals surface area contributed by atoms with Crippen molar-refractivity contribution in [2.24, 2.45) is 0 Å². The van der Waals surface area contributed by atoms with Crippen LogP contribution in [-0.4, -0.2) is 43.1 Å². The summed E-state index contributed by atoms with van der Waals surface area (Å²) in [7, 11) is -2.98. The minimum absolute atomic E-state index is 0.0215. The van der Waals surface area contributed by atoms with Gasteiger partial charge in [0.1, 0.15) is 5.75 Å². The highest BCUT2D eigenvalue weighted by Gasteiger charge is 2.29. The fraction of sp³-hybridized carbons (Fsp3) is 0.533. The molecule has 0 unspecified atom stereocenters. The molecule has 3 N–H and O–H groups in total. The summed E-state index contributed by atoms with van der Waals surface area (Å²) in [6, 6.07) is 6.36. The van der Waals surface area contributed by atoms with Crippen LogP contribution in [0.3, 0.4) is 0 Å². The van der Waals surface area contributed by atoms with Crippen LogP contribution >= 0.6 is 0 Å². The number of benzene rings is 1. The average molecular weight is 326 g/mol. The van der Waals surface area contributed by atoms with E-state index in [2.05, 4.69) is 10.6 Å². The summed E-state index contributed by atoms with van der Waals surface area (Å²) in [5.41, 5.74) is 1.09. The SMILES string of the molecule is C[C@H](CCc1ccc(O)cc1)NC(=O)N[C@H]1CCS(=O)(=O)C1. The first kappa shape index (κ1) is 16.6. The van der Waals surface area contributed by atoms with Crippen molar-refractivity contribution in [1.82, 2.24) is 10.6 Å². The Morgan fingerprint density at radius 3 is 2.64 bits per heavy atom. The predicted molar refractivity (Wildman–Crippen MR) is 84.6 cm³/mol. The predicted octanol–water partition coefficient (Wildman–Crippen LogP) is 1.20. The van der Waals surface area contributed by atoms with Gasteiger partial charge >= 0.3 is 6.03 Å². The van der Waals surface area contributed by atoms with Crippen LogP contribution < -0.4 is 10.6 Å². The Morgan fingerprint density at radius 2 is 2.05 bits per heavy atom. The highest BCUT2D eigenvalue weighted by molar-refractivity contribution is 7.91. The van der Waals surface area contributed by atoms with Gasteiger partial charge in [-0.15, -0.1) is 0 Å². The molecule has 0 aromatic heterocycles. The molecule has 1 aliphatic heterocycles. The summed E-state index contributed by atoms with van der Waals surface area (Å²) in [5, 5.41) is 14.7. The average Bonchev–Trinajstić information content (AvgIpc) is 2.77. The molecule has 0 radical (unpaired) electrons. The minimum atomic E-state index is -2.98. The molecule has 122 valence electrons. The zero-order valence-corrected chi connectivity index (χ0v) is 13.4. The number of carbonyl (C=O) groups excluding carboxylic acids is 1. The van der Waals surface area contributed by atoms with Gasteiger partial charge in [0, 0.05) is 12.1 Å². The maximum absolute atomic E-state index is 11.8. The number of urea groups is 1. The van der Waals surface area contributed by atoms with Gasteiger partial charge < -0.3 is 15.7 Å². The Morgan fingerprint density at radius 1 is 1.36 bits per heavy atom. The molecule has 1 aromatic carbocycles. The van der Waals surface area contributed by atoms with Gasteiger partial charge in [-0.2, -0.15) is 0 Å². The second kappa shape index (κ2) is 7.00. The molecule has 1 aliphatic rings. The molecule has 1 fully saturated rings. The van der Waals surface area contributed by atoms with Crippen molar-refractivity contribution >= 4 is 15.9 Å². The Balaban J connectivity index is 1.71. The number of hydrogen-bond donors (Lipinski definition) is 3. The zero-order valence-electron chi connectivity index (χ0n) is 12.6. The van der Waals surface area contributed by atoms with Gasteiger partial charge in [-0.05, 0) is 43.9 Å². The molecular weight excluding hydrogens is 304 g/mol. The monoisotopic (exact) mass is 326 g/mol. The molecule has 0 saturated carbocycles. The summed E-state index contributed by atoms with van der Waals surface area (Å²) in [5.74, 6) is 0.414. The number of hydrogen-bond acceptors (Lipinski definition) is 4. The molecule has 1 heterocycles. The third-order valence-electron chi connectivity index (χ3n) is 3.75. The van der Waals surface area contributed by atoms with Gasteiger partial charge in [-0.3, -0.25) is 0 Å². The number of aryl methyl sites for hydroxylation is 1. The molecule has 0 spiro atoms. The second-order valence-corrected chi connectivity index (χ2v) is 8.05. The van der Waals surface area contributed by atoms with E-state index in [-0.39, 0.29) is 35.4 Å². The van der Waals surface area contributed by atoms with Crippen molar-refractivity contribution < 1.29 is 18.3 Å². The maximum Gasteiger partial charge on any atom is 0.315 e. The molecule has 7 heteroatoms. The molecule has 2 amide bonds. The lowest BCUT2D eigenvalue weighted by Crippen LogP contribution is -2.45. The topological polar surface area (TPSA) is 95.5 Å². The van der Waals surface area contributed by atoms with Gasteiger partial charge in [0.2, 0.25) is 0 Å². The van der Waals surface area contributed by atoms with Crippen molar-refractivity contribution in [2.45, 2.75) is 38.3 Å². The molecule has 1 aromatic rings. The number of rotatable bonds is 5. The largest absolute Gasteiger partial charge is 0.508 e. The van der Waals surface area contributed by atoms with Crippen molar-refractivity contribution in [3.05, 3.63) is 29.8 Å². The van der Waals surface area contributed by atoms with E-state index in [1.165, 1.54) is 0 Å². The number of carbonyl (C=O) groups is 1. The van der Waals surface area contributed by atoms with E-state index in [4.69, 9.17) is 0 Å². The molecule has 0 aliphatic carbocycles. The van der Waals surface area contributed by atoms with Crippen molar-refractivity contribution in [1.29, 1.82) is 0 Å². The highest BCUT2D eigenvalue weighted by atomic mass is 32.2. The molecule has 6 nitrogen and oxygen atoms in total. The summed E-state index contributed by atoms with van der Waals surface area (Å²) in [6.07, 6.45) is 2.04. The number of sulfone groups is 1. The van der Waals surface area contributed by atoms with E-state index in [0.717, 1.165) is 18.4 Å². The number of amides is 2. The first-order valence-corrected chi connectivity index (χ1v) is 9.21. The van der Waals surface area contributed by atoms with E-state index in [1.54, 1.807) is 12.1 Å². The molecule has 2 atom stereocenters. The molecule has 1 saturated heterocycles. The van der Waals surface area contributed by atoms with Crippen molar-refractivity contribution in [2.75, 3.05) is 11.5 Å². The highest BCUT2D eigenvalue weighted by Crippen LogP contribution is 2.12. The van der Waals surface area contributed by atoms with Crippen LogP contribution in [0.5, 0.6) is 5.75 Å². The molecule has 2 rings (SSSR count). The number of aromatic hydroxyl groups is 1. The third kappa shape index (κ3) is 5.22. The van der Waals surface area contributed by atoms with Gasteiger partial charge in [0.25, 0.3) is 0 Å². The first-order chi connectivity index (χ1) is 10.3. The van der Waals surface area contributed by atoms with E-state index in [1.807, 2.05) is 19.1 Å². The van der Waals surface area contributed by atoms with Gasteiger partial charge in [-0.1, -0.05) is 12.1 Å². The first-order valence-electron chi connectivity index (χ1n) is 7.39. The summed E-state index contributed by atoms with van der Waals surface area (Å²) >= 11 is 0. The summed E-state index contributed by atoms with van der Waals surface area (Å²) in [4.78, 5) is 11.8. The Kier molecular flexibility index (Phi) is 5.28. The molecule has 0 bridgehead atoms. The van der Waals surface area contributed by atoms with Crippen LogP contribution in [0, 0.1) is 0 Å². The van der Waals surface area contributed by atoms with Crippen LogP contribution in [0.4, 0.5) is 4.79 Å².